The minimum atomic E-state index is -0.631. The Hall–Kier alpha value is -2.67. The van der Waals surface area contributed by atoms with E-state index >= 15 is 0 Å². The largest absolute Gasteiger partial charge is 0.389 e. The van der Waals surface area contributed by atoms with Crippen molar-refractivity contribution in [2.75, 3.05) is 0 Å². The van der Waals surface area contributed by atoms with Crippen LogP contribution in [0.3, 0.4) is 0 Å². The number of benzene rings is 1. The standard InChI is InChI=1S/C20H25N5O2/c1-12-6-7-14-16(10-12)23-18(22-14)11-19(26)24-15-4-3-5-17(20(15)27)25-9-8-21-13(25)2/h6-10,15,17,20,27H,3-5,11H2,1-2H3,(H,22,23)(H,24,26)/t15-,17-,20-/m1/s1. The highest BCUT2D eigenvalue weighted by atomic mass is 16.3. The summed E-state index contributed by atoms with van der Waals surface area (Å²) in [4.78, 5) is 24.5. The zero-order chi connectivity index (χ0) is 19.0. The molecule has 7 heteroatoms. The first kappa shape index (κ1) is 17.7. The van der Waals surface area contributed by atoms with Crippen LogP contribution in [0.15, 0.2) is 30.6 Å². The van der Waals surface area contributed by atoms with Gasteiger partial charge in [0.2, 0.25) is 5.91 Å². The van der Waals surface area contributed by atoms with Gasteiger partial charge >= 0.3 is 0 Å². The Bertz CT molecular complexity index is 960. The number of amides is 1. The van der Waals surface area contributed by atoms with E-state index in [1.54, 1.807) is 6.20 Å². The van der Waals surface area contributed by atoms with E-state index in [-0.39, 0.29) is 24.4 Å². The summed E-state index contributed by atoms with van der Waals surface area (Å²) in [6.07, 6.45) is 5.79. The average Bonchev–Trinajstić information content (AvgIpc) is 3.22. The molecule has 1 aliphatic carbocycles. The van der Waals surface area contributed by atoms with Crippen molar-refractivity contribution < 1.29 is 9.90 Å². The Balaban J connectivity index is 1.43. The lowest BCUT2D eigenvalue weighted by Crippen LogP contribution is -2.49. The number of hydrogen-bond acceptors (Lipinski definition) is 4. The fourth-order valence-corrected chi connectivity index (χ4v) is 4.03. The van der Waals surface area contributed by atoms with E-state index in [4.69, 9.17) is 0 Å². The van der Waals surface area contributed by atoms with Crippen molar-refractivity contribution in [2.24, 2.45) is 0 Å². The van der Waals surface area contributed by atoms with Crippen molar-refractivity contribution in [3.63, 3.8) is 0 Å². The number of carbonyl (C=O) groups excluding carboxylic acids is 1. The van der Waals surface area contributed by atoms with Crippen LogP contribution in [0, 0.1) is 13.8 Å². The summed E-state index contributed by atoms with van der Waals surface area (Å²) in [7, 11) is 0. The molecular weight excluding hydrogens is 342 g/mol. The Kier molecular flexibility index (Phi) is 4.70. The van der Waals surface area contributed by atoms with Crippen LogP contribution in [0.2, 0.25) is 0 Å². The van der Waals surface area contributed by atoms with E-state index in [0.717, 1.165) is 41.7 Å². The number of carbonyl (C=O) groups is 1. The summed E-state index contributed by atoms with van der Waals surface area (Å²) in [5.41, 5.74) is 2.94. The molecule has 2 aromatic heterocycles. The third-order valence-corrected chi connectivity index (χ3v) is 5.40. The first-order chi connectivity index (χ1) is 13.0. The van der Waals surface area contributed by atoms with Crippen LogP contribution >= 0.6 is 0 Å². The molecule has 0 saturated heterocycles. The maximum atomic E-state index is 12.5. The van der Waals surface area contributed by atoms with Crippen LogP contribution in [-0.2, 0) is 11.2 Å². The van der Waals surface area contributed by atoms with Crippen molar-refractivity contribution in [1.82, 2.24) is 24.8 Å². The fourth-order valence-electron chi connectivity index (χ4n) is 4.03. The molecule has 0 aliphatic heterocycles. The molecule has 3 aromatic rings. The molecule has 0 unspecified atom stereocenters. The molecule has 0 spiro atoms. The Morgan fingerprint density at radius 3 is 3.00 bits per heavy atom. The van der Waals surface area contributed by atoms with Crippen molar-refractivity contribution in [3.05, 3.63) is 47.8 Å². The van der Waals surface area contributed by atoms with Gasteiger partial charge in [-0.1, -0.05) is 6.07 Å². The van der Waals surface area contributed by atoms with Gasteiger partial charge in [0, 0.05) is 12.4 Å². The number of aromatic amines is 1. The number of aromatic nitrogens is 4. The van der Waals surface area contributed by atoms with Crippen LogP contribution in [0.4, 0.5) is 0 Å². The SMILES string of the molecule is Cc1ccc2nc(CC(=O)N[C@@H]3CCC[C@@H](n4ccnc4C)[C@@H]3O)[nH]c2c1. The molecule has 1 amide bonds. The molecule has 7 nitrogen and oxygen atoms in total. The highest BCUT2D eigenvalue weighted by Crippen LogP contribution is 2.30. The van der Waals surface area contributed by atoms with Crippen LogP contribution in [0.1, 0.15) is 42.5 Å². The van der Waals surface area contributed by atoms with Gasteiger partial charge in [-0.25, -0.2) is 9.97 Å². The summed E-state index contributed by atoms with van der Waals surface area (Å²) in [5.74, 6) is 1.39. The van der Waals surface area contributed by atoms with Gasteiger partial charge in [0.25, 0.3) is 0 Å². The summed E-state index contributed by atoms with van der Waals surface area (Å²) in [6, 6.07) is 5.66. The van der Waals surface area contributed by atoms with Crippen molar-refractivity contribution >= 4 is 16.9 Å². The van der Waals surface area contributed by atoms with Gasteiger partial charge in [-0.05, 0) is 50.8 Å². The van der Waals surface area contributed by atoms with Crippen molar-refractivity contribution in [2.45, 2.75) is 57.7 Å². The van der Waals surface area contributed by atoms with Gasteiger partial charge in [0.1, 0.15) is 11.6 Å². The lowest BCUT2D eigenvalue weighted by atomic mass is 9.87. The molecule has 1 fully saturated rings. The molecule has 2 heterocycles. The molecule has 3 atom stereocenters. The van der Waals surface area contributed by atoms with Gasteiger partial charge in [0.05, 0.1) is 35.6 Å². The summed E-state index contributed by atoms with van der Waals surface area (Å²) >= 11 is 0. The van der Waals surface area contributed by atoms with Gasteiger partial charge in [-0.2, -0.15) is 0 Å². The van der Waals surface area contributed by atoms with E-state index in [1.165, 1.54) is 0 Å². The fraction of sp³-hybridized carbons (Fsp3) is 0.450. The van der Waals surface area contributed by atoms with E-state index < -0.39 is 6.10 Å². The monoisotopic (exact) mass is 367 g/mol. The second-order valence-corrected chi connectivity index (χ2v) is 7.43. The number of imidazole rings is 2. The molecule has 1 saturated carbocycles. The average molecular weight is 367 g/mol. The quantitative estimate of drug-likeness (QED) is 0.659. The Morgan fingerprint density at radius 2 is 2.22 bits per heavy atom. The lowest BCUT2D eigenvalue weighted by Gasteiger charge is -2.36. The third-order valence-electron chi connectivity index (χ3n) is 5.40. The van der Waals surface area contributed by atoms with Crippen LogP contribution < -0.4 is 5.32 Å². The van der Waals surface area contributed by atoms with Crippen molar-refractivity contribution in [1.29, 1.82) is 0 Å². The maximum Gasteiger partial charge on any atom is 0.227 e. The summed E-state index contributed by atoms with van der Waals surface area (Å²) in [6.45, 7) is 3.95. The predicted molar refractivity (Wildman–Crippen MR) is 102 cm³/mol. The Labute approximate surface area is 157 Å². The number of rotatable bonds is 4. The Morgan fingerprint density at radius 1 is 1.37 bits per heavy atom. The second kappa shape index (κ2) is 7.15. The topological polar surface area (TPSA) is 95.8 Å². The molecule has 142 valence electrons. The molecule has 4 rings (SSSR count). The van der Waals surface area contributed by atoms with Crippen LogP contribution in [-0.4, -0.2) is 42.7 Å². The number of nitrogens with one attached hydrogen (secondary N) is 2. The zero-order valence-electron chi connectivity index (χ0n) is 15.6. The smallest absolute Gasteiger partial charge is 0.227 e. The predicted octanol–water partition coefficient (Wildman–Crippen LogP) is 2.19. The summed E-state index contributed by atoms with van der Waals surface area (Å²) < 4.78 is 2.00. The molecule has 1 aliphatic rings. The number of fused-ring (bicyclic) bond motifs is 1. The third kappa shape index (κ3) is 3.60. The number of nitrogens with zero attached hydrogens (tertiary/aromatic N) is 3. The van der Waals surface area contributed by atoms with E-state index in [9.17, 15) is 9.90 Å². The lowest BCUT2D eigenvalue weighted by molar-refractivity contribution is -0.122. The first-order valence-electron chi connectivity index (χ1n) is 9.43. The summed E-state index contributed by atoms with van der Waals surface area (Å²) in [5, 5.41) is 13.8. The molecule has 0 radical (unpaired) electrons. The molecular formula is C20H25N5O2. The van der Waals surface area contributed by atoms with Crippen LogP contribution in [0.5, 0.6) is 0 Å². The molecule has 27 heavy (non-hydrogen) atoms. The minimum absolute atomic E-state index is 0.0549. The van der Waals surface area contributed by atoms with Crippen molar-refractivity contribution in [3.8, 4) is 0 Å². The molecule has 0 bridgehead atoms. The minimum Gasteiger partial charge on any atom is -0.389 e. The number of hydrogen-bond donors (Lipinski definition) is 3. The zero-order valence-corrected chi connectivity index (χ0v) is 15.6. The normalized spacial score (nSPS) is 22.9. The number of aliphatic hydroxyl groups excluding tert-OH is 1. The van der Waals surface area contributed by atoms with Gasteiger partial charge in [0.15, 0.2) is 0 Å². The van der Waals surface area contributed by atoms with E-state index in [0.29, 0.717) is 5.82 Å². The van der Waals surface area contributed by atoms with Crippen LogP contribution in [0.25, 0.3) is 11.0 Å². The van der Waals surface area contributed by atoms with E-state index in [2.05, 4.69) is 20.3 Å². The van der Waals surface area contributed by atoms with E-state index in [1.807, 2.05) is 42.8 Å². The van der Waals surface area contributed by atoms with Gasteiger partial charge < -0.3 is 20.0 Å². The molecule has 3 N–H and O–H groups in total. The maximum absolute atomic E-state index is 12.5. The number of aliphatic hydroxyl groups is 1. The van der Waals surface area contributed by atoms with Gasteiger partial charge in [-0.3, -0.25) is 4.79 Å². The highest BCUT2D eigenvalue weighted by Gasteiger charge is 2.34. The number of aryl methyl sites for hydroxylation is 2. The first-order valence-corrected chi connectivity index (χ1v) is 9.43. The van der Waals surface area contributed by atoms with Gasteiger partial charge in [-0.15, -0.1) is 0 Å². The number of H-pyrrole nitrogens is 1. The molecule has 1 aromatic carbocycles. The second-order valence-electron chi connectivity index (χ2n) is 7.43. The highest BCUT2D eigenvalue weighted by molar-refractivity contribution is 5.81.